The third-order valence-electron chi connectivity index (χ3n) is 3.44. The van der Waals surface area contributed by atoms with Gasteiger partial charge in [0, 0.05) is 10.2 Å². The largest absolute Gasteiger partial charge is 0.331 e. The molecule has 0 heterocycles. The van der Waals surface area contributed by atoms with Crippen molar-refractivity contribution in [3.63, 3.8) is 0 Å². The second-order valence-corrected chi connectivity index (χ2v) is 5.96. The third-order valence-corrected chi connectivity index (χ3v) is 4.16. The van der Waals surface area contributed by atoms with Crippen LogP contribution in [0.5, 0.6) is 0 Å². The number of hydrogen-bond donors (Lipinski definition) is 2. The molecule has 2 aromatic rings. The van der Waals surface area contributed by atoms with Gasteiger partial charge in [-0.1, -0.05) is 52.3 Å². The summed E-state index contributed by atoms with van der Waals surface area (Å²) < 4.78 is 0.991. The van der Waals surface area contributed by atoms with Crippen molar-refractivity contribution in [3.8, 4) is 0 Å². The summed E-state index contributed by atoms with van der Waals surface area (Å²) in [5, 5.41) is 5.89. The standard InChI is InChI=1S/C17H19BrN2O/c1-11-7-6-8-12(2)16(11)20-17(21)19-13(3)14-9-4-5-10-15(14)18/h4-10,13H,1-3H3,(H2,19,20,21). The number of urea groups is 1. The van der Waals surface area contributed by atoms with Gasteiger partial charge in [-0.3, -0.25) is 0 Å². The molecule has 2 amide bonds. The lowest BCUT2D eigenvalue weighted by atomic mass is 10.1. The first kappa shape index (κ1) is 15.6. The van der Waals surface area contributed by atoms with Gasteiger partial charge >= 0.3 is 6.03 Å². The highest BCUT2D eigenvalue weighted by Gasteiger charge is 2.13. The highest BCUT2D eigenvalue weighted by atomic mass is 79.9. The molecule has 3 nitrogen and oxygen atoms in total. The molecule has 4 heteroatoms. The number of aryl methyl sites for hydroxylation is 2. The lowest BCUT2D eigenvalue weighted by molar-refractivity contribution is 0.249. The summed E-state index contributed by atoms with van der Waals surface area (Å²) in [7, 11) is 0. The average Bonchev–Trinajstić information content (AvgIpc) is 2.43. The number of carbonyl (C=O) groups excluding carboxylic acids is 1. The summed E-state index contributed by atoms with van der Waals surface area (Å²) in [6, 6.07) is 13.6. The molecule has 21 heavy (non-hydrogen) atoms. The molecule has 0 aromatic heterocycles. The van der Waals surface area contributed by atoms with Crippen LogP contribution in [0.2, 0.25) is 0 Å². The van der Waals surface area contributed by atoms with Crippen LogP contribution in [0, 0.1) is 13.8 Å². The van der Waals surface area contributed by atoms with Crippen LogP contribution in [0.15, 0.2) is 46.9 Å². The number of carbonyl (C=O) groups is 1. The maximum Gasteiger partial charge on any atom is 0.319 e. The van der Waals surface area contributed by atoms with Crippen LogP contribution in [0.1, 0.15) is 29.7 Å². The number of benzene rings is 2. The lowest BCUT2D eigenvalue weighted by Gasteiger charge is -2.18. The monoisotopic (exact) mass is 346 g/mol. The van der Waals surface area contributed by atoms with E-state index in [2.05, 4.69) is 26.6 Å². The molecule has 0 fully saturated rings. The van der Waals surface area contributed by atoms with E-state index in [1.807, 2.05) is 63.2 Å². The summed E-state index contributed by atoms with van der Waals surface area (Å²) in [6.45, 7) is 5.93. The molecule has 2 N–H and O–H groups in total. The summed E-state index contributed by atoms with van der Waals surface area (Å²) in [4.78, 5) is 12.2. The number of amides is 2. The molecule has 0 aliphatic heterocycles. The minimum absolute atomic E-state index is 0.0788. The van der Waals surface area contributed by atoms with Gasteiger partial charge in [-0.05, 0) is 43.5 Å². The van der Waals surface area contributed by atoms with Crippen molar-refractivity contribution in [3.05, 3.63) is 63.6 Å². The Morgan fingerprint density at radius 3 is 2.29 bits per heavy atom. The molecule has 110 valence electrons. The van der Waals surface area contributed by atoms with Crippen LogP contribution in [-0.2, 0) is 0 Å². The summed E-state index contributed by atoms with van der Waals surface area (Å²) in [5.74, 6) is 0. The zero-order chi connectivity index (χ0) is 15.4. The van der Waals surface area contributed by atoms with Gasteiger partial charge in [0.05, 0.1) is 6.04 Å². The van der Waals surface area contributed by atoms with Gasteiger partial charge in [-0.25, -0.2) is 4.79 Å². The van der Waals surface area contributed by atoms with E-state index < -0.39 is 0 Å². The van der Waals surface area contributed by atoms with Gasteiger partial charge in [0.25, 0.3) is 0 Å². The number of nitrogens with one attached hydrogen (secondary N) is 2. The SMILES string of the molecule is Cc1cccc(C)c1NC(=O)NC(C)c1ccccc1Br. The Morgan fingerprint density at radius 1 is 1.05 bits per heavy atom. The van der Waals surface area contributed by atoms with Crippen LogP contribution in [0.25, 0.3) is 0 Å². The van der Waals surface area contributed by atoms with E-state index >= 15 is 0 Å². The van der Waals surface area contributed by atoms with Crippen molar-refractivity contribution in [1.82, 2.24) is 5.32 Å². The summed E-state index contributed by atoms with van der Waals surface area (Å²) in [6.07, 6.45) is 0. The first-order valence-electron chi connectivity index (χ1n) is 6.87. The molecular formula is C17H19BrN2O. The second-order valence-electron chi connectivity index (χ2n) is 5.11. The molecule has 2 rings (SSSR count). The maximum atomic E-state index is 12.2. The normalized spacial score (nSPS) is 11.8. The zero-order valence-electron chi connectivity index (χ0n) is 12.4. The van der Waals surface area contributed by atoms with Gasteiger partial charge < -0.3 is 10.6 Å². The second kappa shape index (κ2) is 6.76. The molecule has 2 aromatic carbocycles. The molecule has 1 unspecified atom stereocenters. The Kier molecular flexibility index (Phi) is 5.02. The van der Waals surface area contributed by atoms with E-state index in [1.165, 1.54) is 0 Å². The van der Waals surface area contributed by atoms with E-state index in [0.29, 0.717) is 0 Å². The lowest BCUT2D eigenvalue weighted by Crippen LogP contribution is -2.31. The quantitative estimate of drug-likeness (QED) is 0.811. The summed E-state index contributed by atoms with van der Waals surface area (Å²) >= 11 is 3.51. The topological polar surface area (TPSA) is 41.1 Å². The van der Waals surface area contributed by atoms with E-state index in [-0.39, 0.29) is 12.1 Å². The number of rotatable bonds is 3. The van der Waals surface area contributed by atoms with Crippen LogP contribution >= 0.6 is 15.9 Å². The zero-order valence-corrected chi connectivity index (χ0v) is 14.0. The number of hydrogen-bond acceptors (Lipinski definition) is 1. The first-order valence-corrected chi connectivity index (χ1v) is 7.66. The van der Waals surface area contributed by atoms with E-state index in [0.717, 1.165) is 26.9 Å². The van der Waals surface area contributed by atoms with Gasteiger partial charge in [-0.15, -0.1) is 0 Å². The fourth-order valence-corrected chi connectivity index (χ4v) is 2.89. The van der Waals surface area contributed by atoms with Crippen molar-refractivity contribution < 1.29 is 4.79 Å². The Labute approximate surface area is 133 Å². The number of halogens is 1. The van der Waals surface area contributed by atoms with Crippen LogP contribution in [0.3, 0.4) is 0 Å². The predicted molar refractivity (Wildman–Crippen MR) is 90.6 cm³/mol. The maximum absolute atomic E-state index is 12.2. The first-order chi connectivity index (χ1) is 9.99. The Hall–Kier alpha value is -1.81. The molecule has 0 saturated heterocycles. The molecule has 0 spiro atoms. The Bertz CT molecular complexity index is 635. The minimum atomic E-state index is -0.198. The highest BCUT2D eigenvalue weighted by Crippen LogP contribution is 2.23. The van der Waals surface area contributed by atoms with Crippen molar-refractivity contribution in [2.45, 2.75) is 26.8 Å². The van der Waals surface area contributed by atoms with E-state index in [9.17, 15) is 4.79 Å². The molecular weight excluding hydrogens is 328 g/mol. The van der Waals surface area contributed by atoms with Crippen LogP contribution in [0.4, 0.5) is 10.5 Å². The molecule has 0 bridgehead atoms. The smallest absolute Gasteiger partial charge is 0.319 e. The molecule has 0 aliphatic carbocycles. The van der Waals surface area contributed by atoms with Crippen LogP contribution < -0.4 is 10.6 Å². The average molecular weight is 347 g/mol. The fraction of sp³-hybridized carbons (Fsp3) is 0.235. The van der Waals surface area contributed by atoms with Crippen molar-refractivity contribution in [1.29, 1.82) is 0 Å². The van der Waals surface area contributed by atoms with Crippen molar-refractivity contribution in [2.24, 2.45) is 0 Å². The molecule has 0 saturated carbocycles. The highest BCUT2D eigenvalue weighted by molar-refractivity contribution is 9.10. The van der Waals surface area contributed by atoms with E-state index in [1.54, 1.807) is 0 Å². The molecule has 0 radical (unpaired) electrons. The van der Waals surface area contributed by atoms with Crippen molar-refractivity contribution in [2.75, 3.05) is 5.32 Å². The summed E-state index contributed by atoms with van der Waals surface area (Å²) in [5.41, 5.74) is 4.03. The number of para-hydroxylation sites is 1. The Balaban J connectivity index is 2.07. The van der Waals surface area contributed by atoms with E-state index in [4.69, 9.17) is 0 Å². The van der Waals surface area contributed by atoms with Gasteiger partial charge in [0.1, 0.15) is 0 Å². The fourth-order valence-electron chi connectivity index (χ4n) is 2.26. The van der Waals surface area contributed by atoms with Gasteiger partial charge in [0.15, 0.2) is 0 Å². The number of anilines is 1. The molecule has 1 atom stereocenters. The van der Waals surface area contributed by atoms with Gasteiger partial charge in [0.2, 0.25) is 0 Å². The molecule has 0 aliphatic rings. The Morgan fingerprint density at radius 2 is 1.67 bits per heavy atom. The third kappa shape index (κ3) is 3.85. The van der Waals surface area contributed by atoms with Crippen molar-refractivity contribution >= 4 is 27.6 Å². The van der Waals surface area contributed by atoms with Gasteiger partial charge in [-0.2, -0.15) is 0 Å². The van der Waals surface area contributed by atoms with Crippen LogP contribution in [-0.4, -0.2) is 6.03 Å². The predicted octanol–water partition coefficient (Wildman–Crippen LogP) is 4.95. The minimum Gasteiger partial charge on any atom is -0.331 e.